The van der Waals surface area contributed by atoms with Crippen LogP contribution in [0.1, 0.15) is 5.56 Å². The Kier molecular flexibility index (Phi) is 2.77. The van der Waals surface area contributed by atoms with E-state index in [0.29, 0.717) is 6.54 Å². The van der Waals surface area contributed by atoms with Gasteiger partial charge in [0.2, 0.25) is 0 Å². The Morgan fingerprint density at radius 3 is 3.06 bits per heavy atom. The molecule has 82 valence electrons. The number of nitrogens with zero attached hydrogens (tertiary/aromatic N) is 1. The molecule has 0 unspecified atom stereocenters. The molecule has 3 heteroatoms. The van der Waals surface area contributed by atoms with Crippen molar-refractivity contribution in [2.75, 3.05) is 17.6 Å². The van der Waals surface area contributed by atoms with E-state index in [2.05, 4.69) is 16.9 Å². The molecule has 0 amide bonds. The van der Waals surface area contributed by atoms with E-state index in [0.717, 1.165) is 27.8 Å². The minimum Gasteiger partial charge on any atom is -0.398 e. The van der Waals surface area contributed by atoms with Gasteiger partial charge in [-0.05, 0) is 18.6 Å². The number of nitrogens with one attached hydrogen (secondary N) is 1. The van der Waals surface area contributed by atoms with E-state index < -0.39 is 0 Å². The van der Waals surface area contributed by atoms with Gasteiger partial charge in [-0.25, -0.2) is 4.98 Å². The zero-order valence-electron chi connectivity index (χ0n) is 9.33. The zero-order chi connectivity index (χ0) is 11.5. The second-order valence-corrected chi connectivity index (χ2v) is 3.73. The van der Waals surface area contributed by atoms with E-state index >= 15 is 0 Å². The number of anilines is 2. The maximum Gasteiger partial charge on any atom is 0.134 e. The molecular weight excluding hydrogens is 198 g/mol. The van der Waals surface area contributed by atoms with Gasteiger partial charge in [-0.15, -0.1) is 6.58 Å². The fraction of sp³-hybridized carbons (Fsp3) is 0.154. The second kappa shape index (κ2) is 4.23. The molecule has 0 bridgehead atoms. The molecule has 0 spiro atoms. The first kappa shape index (κ1) is 10.5. The lowest BCUT2D eigenvalue weighted by atomic mass is 10.1. The highest BCUT2D eigenvalue weighted by atomic mass is 15.0. The monoisotopic (exact) mass is 213 g/mol. The number of pyridine rings is 1. The number of hydrogen-bond donors (Lipinski definition) is 2. The molecule has 0 atom stereocenters. The van der Waals surface area contributed by atoms with E-state index in [1.165, 1.54) is 0 Å². The van der Waals surface area contributed by atoms with Crippen LogP contribution in [0.5, 0.6) is 0 Å². The molecule has 0 aliphatic rings. The molecule has 1 heterocycles. The van der Waals surface area contributed by atoms with Gasteiger partial charge >= 0.3 is 0 Å². The van der Waals surface area contributed by atoms with E-state index in [-0.39, 0.29) is 0 Å². The summed E-state index contributed by atoms with van der Waals surface area (Å²) in [4.78, 5) is 4.37. The highest BCUT2D eigenvalue weighted by Crippen LogP contribution is 2.28. The molecule has 1 aromatic heterocycles. The molecule has 2 aromatic rings. The van der Waals surface area contributed by atoms with Crippen molar-refractivity contribution in [3.63, 3.8) is 0 Å². The van der Waals surface area contributed by atoms with Crippen molar-refractivity contribution in [1.82, 2.24) is 4.98 Å². The molecule has 0 saturated carbocycles. The molecule has 0 saturated heterocycles. The Bertz CT molecular complexity index is 524. The number of aromatic nitrogens is 1. The SMILES string of the molecule is C=CCNc1ncc(C)c2c(N)cccc12. The second-order valence-electron chi connectivity index (χ2n) is 3.73. The van der Waals surface area contributed by atoms with Crippen molar-refractivity contribution in [2.24, 2.45) is 0 Å². The third-order valence-electron chi connectivity index (χ3n) is 2.55. The van der Waals surface area contributed by atoms with Gasteiger partial charge in [0, 0.05) is 29.2 Å². The van der Waals surface area contributed by atoms with Crippen LogP contribution in [0.4, 0.5) is 11.5 Å². The van der Waals surface area contributed by atoms with Crippen LogP contribution in [0.2, 0.25) is 0 Å². The average Bonchev–Trinajstić information content (AvgIpc) is 2.28. The van der Waals surface area contributed by atoms with Crippen LogP contribution in [-0.4, -0.2) is 11.5 Å². The molecule has 2 rings (SSSR count). The van der Waals surface area contributed by atoms with Crippen molar-refractivity contribution in [2.45, 2.75) is 6.92 Å². The Labute approximate surface area is 95.0 Å². The molecule has 0 aliphatic heterocycles. The number of hydrogen-bond acceptors (Lipinski definition) is 3. The number of aryl methyl sites for hydroxylation is 1. The summed E-state index contributed by atoms with van der Waals surface area (Å²) in [7, 11) is 0. The van der Waals surface area contributed by atoms with E-state index in [4.69, 9.17) is 5.73 Å². The van der Waals surface area contributed by atoms with Crippen LogP contribution in [0.25, 0.3) is 10.8 Å². The number of nitrogen functional groups attached to an aromatic ring is 1. The van der Waals surface area contributed by atoms with Crippen LogP contribution < -0.4 is 11.1 Å². The van der Waals surface area contributed by atoms with Crippen molar-refractivity contribution in [1.29, 1.82) is 0 Å². The van der Waals surface area contributed by atoms with Gasteiger partial charge in [0.25, 0.3) is 0 Å². The highest BCUT2D eigenvalue weighted by Gasteiger charge is 2.06. The first-order valence-electron chi connectivity index (χ1n) is 5.22. The van der Waals surface area contributed by atoms with Crippen LogP contribution in [0.3, 0.4) is 0 Å². The first-order valence-corrected chi connectivity index (χ1v) is 5.22. The average molecular weight is 213 g/mol. The van der Waals surface area contributed by atoms with Crippen molar-refractivity contribution < 1.29 is 0 Å². The predicted molar refractivity (Wildman–Crippen MR) is 69.6 cm³/mol. The summed E-state index contributed by atoms with van der Waals surface area (Å²) in [6.07, 6.45) is 3.64. The van der Waals surface area contributed by atoms with Gasteiger partial charge in [0.1, 0.15) is 5.82 Å². The van der Waals surface area contributed by atoms with E-state index in [1.807, 2.05) is 31.3 Å². The molecule has 16 heavy (non-hydrogen) atoms. The lowest BCUT2D eigenvalue weighted by Gasteiger charge is -2.10. The van der Waals surface area contributed by atoms with Crippen molar-refractivity contribution >= 4 is 22.3 Å². The summed E-state index contributed by atoms with van der Waals surface area (Å²) < 4.78 is 0. The predicted octanol–water partition coefficient (Wildman–Crippen LogP) is 2.72. The first-order chi connectivity index (χ1) is 7.74. The van der Waals surface area contributed by atoms with Gasteiger partial charge in [-0.2, -0.15) is 0 Å². The number of rotatable bonds is 3. The molecular formula is C13H15N3. The van der Waals surface area contributed by atoms with Gasteiger partial charge in [-0.1, -0.05) is 18.2 Å². The number of benzene rings is 1. The zero-order valence-corrected chi connectivity index (χ0v) is 9.33. The topological polar surface area (TPSA) is 50.9 Å². The summed E-state index contributed by atoms with van der Waals surface area (Å²) in [5.74, 6) is 0.854. The standard InChI is InChI=1S/C13H15N3/c1-3-7-15-13-10-5-4-6-11(14)12(10)9(2)8-16-13/h3-6,8H,1,7,14H2,2H3,(H,15,16). The summed E-state index contributed by atoms with van der Waals surface area (Å²) in [5.41, 5.74) is 7.86. The summed E-state index contributed by atoms with van der Waals surface area (Å²) in [6, 6.07) is 5.88. The normalized spacial score (nSPS) is 10.3. The molecule has 3 nitrogen and oxygen atoms in total. The van der Waals surface area contributed by atoms with Gasteiger partial charge in [-0.3, -0.25) is 0 Å². The Hall–Kier alpha value is -2.03. The molecule has 0 aliphatic carbocycles. The lowest BCUT2D eigenvalue weighted by molar-refractivity contribution is 1.23. The lowest BCUT2D eigenvalue weighted by Crippen LogP contribution is -2.02. The molecule has 1 aromatic carbocycles. The van der Waals surface area contributed by atoms with Gasteiger partial charge < -0.3 is 11.1 Å². The Morgan fingerprint density at radius 2 is 2.31 bits per heavy atom. The number of nitrogens with two attached hydrogens (primary N) is 1. The molecule has 0 fully saturated rings. The Balaban J connectivity index is 2.64. The summed E-state index contributed by atoms with van der Waals surface area (Å²) >= 11 is 0. The quantitative estimate of drug-likeness (QED) is 0.609. The molecule has 3 N–H and O–H groups in total. The van der Waals surface area contributed by atoms with Gasteiger partial charge in [0.15, 0.2) is 0 Å². The third kappa shape index (κ3) is 1.72. The highest BCUT2D eigenvalue weighted by molar-refractivity contribution is 6.01. The fourth-order valence-electron chi connectivity index (χ4n) is 1.81. The van der Waals surface area contributed by atoms with E-state index in [1.54, 1.807) is 6.08 Å². The van der Waals surface area contributed by atoms with Crippen LogP contribution in [0.15, 0.2) is 37.1 Å². The van der Waals surface area contributed by atoms with Crippen LogP contribution in [-0.2, 0) is 0 Å². The maximum atomic E-state index is 5.98. The number of fused-ring (bicyclic) bond motifs is 1. The van der Waals surface area contributed by atoms with E-state index in [9.17, 15) is 0 Å². The van der Waals surface area contributed by atoms with Gasteiger partial charge in [0.05, 0.1) is 0 Å². The van der Waals surface area contributed by atoms with Crippen LogP contribution in [0, 0.1) is 6.92 Å². The fourth-order valence-corrected chi connectivity index (χ4v) is 1.81. The summed E-state index contributed by atoms with van der Waals surface area (Å²) in [5, 5.41) is 5.34. The maximum absolute atomic E-state index is 5.98. The smallest absolute Gasteiger partial charge is 0.134 e. The third-order valence-corrected chi connectivity index (χ3v) is 2.55. The van der Waals surface area contributed by atoms with Crippen LogP contribution >= 0.6 is 0 Å². The largest absolute Gasteiger partial charge is 0.398 e. The van der Waals surface area contributed by atoms with Crippen molar-refractivity contribution in [3.05, 3.63) is 42.6 Å². The molecule has 0 radical (unpaired) electrons. The Morgan fingerprint density at radius 1 is 1.50 bits per heavy atom. The van der Waals surface area contributed by atoms with Crippen molar-refractivity contribution in [3.8, 4) is 0 Å². The minimum atomic E-state index is 0.694. The summed E-state index contributed by atoms with van der Waals surface area (Å²) in [6.45, 7) is 6.39. The minimum absolute atomic E-state index is 0.694.